The third kappa shape index (κ3) is 3.53. The highest BCUT2D eigenvalue weighted by Crippen LogP contribution is 2.45. The Morgan fingerprint density at radius 2 is 2.04 bits per heavy atom. The highest BCUT2D eigenvalue weighted by Gasteiger charge is 2.45. The molecule has 3 rings (SSSR count). The van der Waals surface area contributed by atoms with Gasteiger partial charge < -0.3 is 20.1 Å². The Hall–Kier alpha value is -2.08. The fourth-order valence-electron chi connectivity index (χ4n) is 3.24. The zero-order chi connectivity index (χ0) is 17.2. The molecule has 0 spiro atoms. The Kier molecular flexibility index (Phi) is 4.76. The molecule has 0 radical (unpaired) electrons. The topological polar surface area (TPSA) is 78.9 Å². The Labute approximate surface area is 141 Å². The molecule has 1 unspecified atom stereocenters. The van der Waals surface area contributed by atoms with E-state index in [9.17, 15) is 14.7 Å². The normalized spacial score (nSPS) is 22.7. The van der Waals surface area contributed by atoms with Crippen molar-refractivity contribution in [1.29, 1.82) is 0 Å². The lowest BCUT2D eigenvalue weighted by atomic mass is 10.0. The number of hydrogen-bond acceptors (Lipinski definition) is 4. The van der Waals surface area contributed by atoms with Crippen LogP contribution in [0.5, 0.6) is 5.75 Å². The van der Waals surface area contributed by atoms with Gasteiger partial charge in [-0.3, -0.25) is 9.59 Å². The highest BCUT2D eigenvalue weighted by atomic mass is 16.5. The van der Waals surface area contributed by atoms with Gasteiger partial charge >= 0.3 is 0 Å². The number of ether oxygens (including phenoxy) is 1. The van der Waals surface area contributed by atoms with Crippen LogP contribution < -0.4 is 10.1 Å². The lowest BCUT2D eigenvalue weighted by molar-refractivity contribution is -0.142. The third-order valence-corrected chi connectivity index (χ3v) is 4.86. The summed E-state index contributed by atoms with van der Waals surface area (Å²) >= 11 is 0. The van der Waals surface area contributed by atoms with Gasteiger partial charge in [0, 0.05) is 6.54 Å². The van der Waals surface area contributed by atoms with Crippen molar-refractivity contribution in [2.75, 3.05) is 20.2 Å². The molecule has 1 saturated heterocycles. The van der Waals surface area contributed by atoms with Gasteiger partial charge in [0.2, 0.25) is 5.91 Å². The molecule has 130 valence electrons. The van der Waals surface area contributed by atoms with E-state index in [0.717, 1.165) is 37.0 Å². The number of carbonyl (C=O) groups excluding carboxylic acids is 2. The van der Waals surface area contributed by atoms with E-state index in [2.05, 4.69) is 5.32 Å². The number of rotatable bonds is 5. The van der Waals surface area contributed by atoms with Gasteiger partial charge in [0.1, 0.15) is 11.9 Å². The second-order valence-corrected chi connectivity index (χ2v) is 6.63. The lowest BCUT2D eigenvalue weighted by Gasteiger charge is -2.24. The molecular weight excluding hydrogens is 308 g/mol. The van der Waals surface area contributed by atoms with E-state index < -0.39 is 6.10 Å². The zero-order valence-electron chi connectivity index (χ0n) is 14.0. The molecule has 1 aromatic rings. The van der Waals surface area contributed by atoms with Gasteiger partial charge in [0.25, 0.3) is 5.91 Å². The minimum atomic E-state index is -0.975. The van der Waals surface area contributed by atoms with E-state index in [1.54, 1.807) is 7.11 Å². The largest absolute Gasteiger partial charge is 0.497 e. The molecule has 24 heavy (non-hydrogen) atoms. The summed E-state index contributed by atoms with van der Waals surface area (Å²) < 4.78 is 5.16. The summed E-state index contributed by atoms with van der Waals surface area (Å²) in [6.07, 6.45) is 2.91. The van der Waals surface area contributed by atoms with Crippen molar-refractivity contribution in [1.82, 2.24) is 10.2 Å². The fourth-order valence-corrected chi connectivity index (χ4v) is 3.24. The molecule has 1 aliphatic carbocycles. The van der Waals surface area contributed by atoms with Crippen molar-refractivity contribution in [3.63, 3.8) is 0 Å². The maximum atomic E-state index is 12.4. The van der Waals surface area contributed by atoms with Crippen LogP contribution in [0.15, 0.2) is 24.3 Å². The SMILES string of the molecule is COc1ccc(C2(NC(=O)CN3CCCCC(O)C3=O)CC2)cc1. The van der Waals surface area contributed by atoms with Crippen molar-refractivity contribution < 1.29 is 19.4 Å². The first-order valence-corrected chi connectivity index (χ1v) is 8.46. The number of aliphatic hydroxyl groups excluding tert-OH is 1. The molecule has 6 heteroatoms. The summed E-state index contributed by atoms with van der Waals surface area (Å²) in [5, 5.41) is 12.8. The molecule has 1 atom stereocenters. The molecule has 2 amide bonds. The second kappa shape index (κ2) is 6.81. The number of methoxy groups -OCH3 is 1. The quantitative estimate of drug-likeness (QED) is 0.848. The molecule has 1 saturated carbocycles. The summed E-state index contributed by atoms with van der Waals surface area (Å²) in [6, 6.07) is 7.70. The molecule has 6 nitrogen and oxygen atoms in total. The maximum Gasteiger partial charge on any atom is 0.251 e. The van der Waals surface area contributed by atoms with Crippen LogP contribution in [0.25, 0.3) is 0 Å². The number of amides is 2. The Balaban J connectivity index is 1.62. The molecule has 1 aromatic carbocycles. The van der Waals surface area contributed by atoms with Crippen molar-refractivity contribution in [3.05, 3.63) is 29.8 Å². The van der Waals surface area contributed by atoms with Gasteiger partial charge in [-0.2, -0.15) is 0 Å². The third-order valence-electron chi connectivity index (χ3n) is 4.86. The predicted octanol–water partition coefficient (Wildman–Crippen LogP) is 1.17. The molecule has 2 fully saturated rings. The highest BCUT2D eigenvalue weighted by molar-refractivity contribution is 5.87. The average Bonchev–Trinajstić information content (AvgIpc) is 3.38. The summed E-state index contributed by atoms with van der Waals surface area (Å²) in [5.41, 5.74) is 0.732. The van der Waals surface area contributed by atoms with Gasteiger partial charge in [-0.15, -0.1) is 0 Å². The van der Waals surface area contributed by atoms with E-state index in [1.807, 2.05) is 24.3 Å². The van der Waals surface area contributed by atoms with Crippen molar-refractivity contribution in [3.8, 4) is 5.75 Å². The molecule has 2 N–H and O–H groups in total. The molecule has 1 aliphatic heterocycles. The van der Waals surface area contributed by atoms with Crippen LogP contribution >= 0.6 is 0 Å². The van der Waals surface area contributed by atoms with Gasteiger partial charge in [-0.1, -0.05) is 12.1 Å². The van der Waals surface area contributed by atoms with Crippen LogP contribution in [-0.4, -0.2) is 48.1 Å². The second-order valence-electron chi connectivity index (χ2n) is 6.63. The van der Waals surface area contributed by atoms with Crippen LogP contribution in [0.3, 0.4) is 0 Å². The number of likely N-dealkylation sites (tertiary alicyclic amines) is 1. The standard InChI is InChI=1S/C18H24N2O4/c1-24-14-7-5-13(6-8-14)18(9-10-18)19-16(22)12-20-11-3-2-4-15(21)17(20)23/h5-8,15,21H,2-4,9-12H2,1H3,(H,19,22). The Morgan fingerprint density at radius 1 is 1.33 bits per heavy atom. The van der Waals surface area contributed by atoms with Crippen molar-refractivity contribution in [2.45, 2.75) is 43.7 Å². The Morgan fingerprint density at radius 3 is 2.67 bits per heavy atom. The van der Waals surface area contributed by atoms with E-state index >= 15 is 0 Å². The lowest BCUT2D eigenvalue weighted by Crippen LogP contribution is -2.46. The van der Waals surface area contributed by atoms with Crippen LogP contribution in [-0.2, 0) is 15.1 Å². The Bertz CT molecular complexity index is 610. The minimum Gasteiger partial charge on any atom is -0.497 e. The summed E-state index contributed by atoms with van der Waals surface area (Å²) in [4.78, 5) is 26.0. The fraction of sp³-hybridized carbons (Fsp3) is 0.556. The number of benzene rings is 1. The van der Waals surface area contributed by atoms with Crippen LogP contribution in [0.1, 0.15) is 37.7 Å². The molecule has 0 bridgehead atoms. The minimum absolute atomic E-state index is 0.00774. The van der Waals surface area contributed by atoms with E-state index in [1.165, 1.54) is 4.90 Å². The first-order valence-electron chi connectivity index (χ1n) is 8.46. The summed E-state index contributed by atoms with van der Waals surface area (Å²) in [7, 11) is 1.62. The van der Waals surface area contributed by atoms with Gasteiger partial charge in [-0.25, -0.2) is 0 Å². The summed E-state index contributed by atoms with van der Waals surface area (Å²) in [6.45, 7) is 0.534. The summed E-state index contributed by atoms with van der Waals surface area (Å²) in [5.74, 6) is 0.271. The maximum absolute atomic E-state index is 12.4. The molecule has 0 aromatic heterocycles. The van der Waals surface area contributed by atoms with Crippen LogP contribution in [0.4, 0.5) is 0 Å². The zero-order valence-corrected chi connectivity index (χ0v) is 14.0. The van der Waals surface area contributed by atoms with Crippen LogP contribution in [0.2, 0.25) is 0 Å². The monoisotopic (exact) mass is 332 g/mol. The number of nitrogens with one attached hydrogen (secondary N) is 1. The van der Waals surface area contributed by atoms with Crippen molar-refractivity contribution in [2.24, 2.45) is 0 Å². The number of carbonyl (C=O) groups is 2. The predicted molar refractivity (Wildman–Crippen MR) is 88.5 cm³/mol. The molecule has 1 heterocycles. The smallest absolute Gasteiger partial charge is 0.251 e. The number of aliphatic hydroxyl groups is 1. The molecular formula is C18H24N2O4. The first kappa shape index (κ1) is 16.8. The van der Waals surface area contributed by atoms with Gasteiger partial charge in [-0.05, 0) is 49.8 Å². The first-order chi connectivity index (χ1) is 11.5. The average molecular weight is 332 g/mol. The molecule has 2 aliphatic rings. The van der Waals surface area contributed by atoms with E-state index in [4.69, 9.17) is 4.74 Å². The van der Waals surface area contributed by atoms with E-state index in [-0.39, 0.29) is 23.9 Å². The number of hydrogen-bond donors (Lipinski definition) is 2. The van der Waals surface area contributed by atoms with Gasteiger partial charge in [0.15, 0.2) is 0 Å². The van der Waals surface area contributed by atoms with Gasteiger partial charge in [0.05, 0.1) is 19.2 Å². The van der Waals surface area contributed by atoms with Crippen LogP contribution in [0, 0.1) is 0 Å². The van der Waals surface area contributed by atoms with E-state index in [0.29, 0.717) is 13.0 Å². The van der Waals surface area contributed by atoms with Crippen molar-refractivity contribution >= 4 is 11.8 Å². The number of nitrogens with zero attached hydrogens (tertiary/aromatic N) is 1.